The van der Waals surface area contributed by atoms with E-state index in [9.17, 15) is 8.42 Å². The summed E-state index contributed by atoms with van der Waals surface area (Å²) >= 11 is 0. The highest BCUT2D eigenvalue weighted by atomic mass is 32.2. The molecule has 0 radical (unpaired) electrons. The quantitative estimate of drug-likeness (QED) is 0.925. The van der Waals surface area contributed by atoms with E-state index in [0.717, 1.165) is 43.5 Å². The number of fused-ring (bicyclic) bond motifs is 1. The topological polar surface area (TPSA) is 58.6 Å². The summed E-state index contributed by atoms with van der Waals surface area (Å²) < 4.78 is 32.7. The molecule has 2 heterocycles. The summed E-state index contributed by atoms with van der Waals surface area (Å²) in [7, 11) is -1.71. The van der Waals surface area contributed by atoms with Crippen LogP contribution in [0, 0.1) is 0 Å². The van der Waals surface area contributed by atoms with Crippen LogP contribution in [-0.2, 0) is 21.2 Å². The summed E-state index contributed by atoms with van der Waals surface area (Å²) in [6.45, 7) is 1.99. The molecule has 0 saturated carbocycles. The van der Waals surface area contributed by atoms with Gasteiger partial charge in [0.25, 0.3) is 0 Å². The molecular weight excluding hydrogens is 288 g/mol. The van der Waals surface area contributed by atoms with Gasteiger partial charge in [-0.1, -0.05) is 6.07 Å². The van der Waals surface area contributed by atoms with Crippen LogP contribution in [0.25, 0.3) is 0 Å². The molecule has 0 spiro atoms. The summed E-state index contributed by atoms with van der Waals surface area (Å²) in [6, 6.07) is 5.53. The molecule has 2 aliphatic rings. The number of methoxy groups -OCH3 is 1. The van der Waals surface area contributed by atoms with Crippen molar-refractivity contribution in [2.24, 2.45) is 0 Å². The summed E-state index contributed by atoms with van der Waals surface area (Å²) in [5.74, 6) is 0. The van der Waals surface area contributed by atoms with Crippen LogP contribution in [0.15, 0.2) is 23.1 Å². The van der Waals surface area contributed by atoms with Gasteiger partial charge in [0, 0.05) is 32.4 Å². The maximum atomic E-state index is 12.9. The van der Waals surface area contributed by atoms with Crippen LogP contribution < -0.4 is 5.32 Å². The Hall–Kier alpha value is -1.11. The lowest BCUT2D eigenvalue weighted by Gasteiger charge is -2.31. The van der Waals surface area contributed by atoms with E-state index in [1.807, 2.05) is 12.1 Å². The number of nitrogens with zero attached hydrogens (tertiary/aromatic N) is 1. The molecule has 0 amide bonds. The van der Waals surface area contributed by atoms with E-state index in [-0.39, 0.29) is 6.10 Å². The van der Waals surface area contributed by atoms with Crippen molar-refractivity contribution in [1.29, 1.82) is 0 Å². The van der Waals surface area contributed by atoms with Crippen LogP contribution in [-0.4, -0.2) is 45.6 Å². The van der Waals surface area contributed by atoms with E-state index in [1.54, 1.807) is 17.5 Å². The monoisotopic (exact) mass is 310 g/mol. The second-order valence-corrected chi connectivity index (χ2v) is 7.56. The number of nitrogens with one attached hydrogen (secondary N) is 1. The molecule has 1 saturated heterocycles. The van der Waals surface area contributed by atoms with Gasteiger partial charge in [0.1, 0.15) is 0 Å². The highest BCUT2D eigenvalue weighted by Gasteiger charge is 2.31. The Morgan fingerprint density at radius 1 is 1.29 bits per heavy atom. The lowest BCUT2D eigenvalue weighted by Crippen LogP contribution is -2.41. The number of anilines is 1. The fourth-order valence-electron chi connectivity index (χ4n) is 3.17. The number of hydrogen-bond acceptors (Lipinski definition) is 4. The summed E-state index contributed by atoms with van der Waals surface area (Å²) in [4.78, 5) is 0.475. The Balaban J connectivity index is 1.89. The largest absolute Gasteiger partial charge is 0.385 e. The average molecular weight is 310 g/mol. The molecule has 0 bridgehead atoms. The van der Waals surface area contributed by atoms with E-state index >= 15 is 0 Å². The highest BCUT2D eigenvalue weighted by molar-refractivity contribution is 7.89. The first kappa shape index (κ1) is 14.8. The normalized spacial score (nSPS) is 20.8. The maximum absolute atomic E-state index is 12.9. The minimum absolute atomic E-state index is 0.183. The molecule has 1 aromatic carbocycles. The molecule has 6 heteroatoms. The smallest absolute Gasteiger partial charge is 0.243 e. The first-order chi connectivity index (χ1) is 10.1. The number of rotatable bonds is 3. The number of benzene rings is 1. The van der Waals surface area contributed by atoms with E-state index in [0.29, 0.717) is 18.0 Å². The van der Waals surface area contributed by atoms with Gasteiger partial charge in [-0.15, -0.1) is 0 Å². The predicted octanol–water partition coefficient (Wildman–Crippen LogP) is 1.84. The van der Waals surface area contributed by atoms with Crippen LogP contribution in [0.5, 0.6) is 0 Å². The highest BCUT2D eigenvalue weighted by Crippen LogP contribution is 2.31. The van der Waals surface area contributed by atoms with Gasteiger partial charge in [-0.05, 0) is 43.4 Å². The Morgan fingerprint density at radius 2 is 2.05 bits per heavy atom. The Kier molecular flexibility index (Phi) is 4.19. The zero-order valence-corrected chi connectivity index (χ0v) is 13.2. The van der Waals surface area contributed by atoms with Crippen molar-refractivity contribution in [3.8, 4) is 0 Å². The van der Waals surface area contributed by atoms with E-state index in [1.165, 1.54) is 0 Å². The molecule has 0 aromatic heterocycles. The standard InChI is InChI=1S/C15H22N2O3S/c1-20-12-7-10-17(11-8-12)21(18,19)15-6-2-5-14-13(15)4-3-9-16-14/h2,5-6,12,16H,3-4,7-11H2,1H3. The SMILES string of the molecule is COC1CCN(S(=O)(=O)c2cccc3c2CCCN3)CC1. The van der Waals surface area contributed by atoms with Crippen molar-refractivity contribution in [2.45, 2.75) is 36.7 Å². The molecule has 3 rings (SSSR count). The summed E-state index contributed by atoms with van der Waals surface area (Å²) in [5.41, 5.74) is 1.91. The Bertz CT molecular complexity index is 607. The number of ether oxygens (including phenoxy) is 1. The minimum Gasteiger partial charge on any atom is -0.385 e. The third-order valence-electron chi connectivity index (χ3n) is 4.40. The third-order valence-corrected chi connectivity index (χ3v) is 6.39. The number of hydrogen-bond donors (Lipinski definition) is 1. The van der Waals surface area contributed by atoms with Gasteiger partial charge < -0.3 is 10.1 Å². The molecule has 1 aromatic rings. The molecule has 0 atom stereocenters. The van der Waals surface area contributed by atoms with Crippen molar-refractivity contribution < 1.29 is 13.2 Å². The van der Waals surface area contributed by atoms with E-state index in [4.69, 9.17) is 4.74 Å². The second kappa shape index (κ2) is 5.94. The van der Waals surface area contributed by atoms with Crippen molar-refractivity contribution in [1.82, 2.24) is 4.31 Å². The predicted molar refractivity (Wildman–Crippen MR) is 82.0 cm³/mol. The number of piperidine rings is 1. The lowest BCUT2D eigenvalue weighted by molar-refractivity contribution is 0.0604. The van der Waals surface area contributed by atoms with Gasteiger partial charge in [0.15, 0.2) is 0 Å². The molecule has 21 heavy (non-hydrogen) atoms. The minimum atomic E-state index is -3.40. The molecule has 2 aliphatic heterocycles. The Labute approximate surface area is 126 Å². The lowest BCUT2D eigenvalue weighted by atomic mass is 10.0. The van der Waals surface area contributed by atoms with E-state index in [2.05, 4.69) is 5.32 Å². The van der Waals surface area contributed by atoms with Gasteiger partial charge in [0.05, 0.1) is 11.0 Å². The molecule has 0 unspecified atom stereocenters. The maximum Gasteiger partial charge on any atom is 0.243 e. The van der Waals surface area contributed by atoms with Crippen LogP contribution in [0.1, 0.15) is 24.8 Å². The fraction of sp³-hybridized carbons (Fsp3) is 0.600. The van der Waals surface area contributed by atoms with E-state index < -0.39 is 10.0 Å². The first-order valence-corrected chi connectivity index (χ1v) is 8.95. The first-order valence-electron chi connectivity index (χ1n) is 7.51. The number of sulfonamides is 1. The van der Waals surface area contributed by atoms with Gasteiger partial charge in [0.2, 0.25) is 10.0 Å². The van der Waals surface area contributed by atoms with Crippen LogP contribution in [0.3, 0.4) is 0 Å². The van der Waals surface area contributed by atoms with Crippen LogP contribution in [0.4, 0.5) is 5.69 Å². The van der Waals surface area contributed by atoms with Crippen LogP contribution in [0.2, 0.25) is 0 Å². The molecule has 1 N–H and O–H groups in total. The molecule has 5 nitrogen and oxygen atoms in total. The zero-order valence-electron chi connectivity index (χ0n) is 12.3. The van der Waals surface area contributed by atoms with Gasteiger partial charge in [-0.25, -0.2) is 8.42 Å². The van der Waals surface area contributed by atoms with Crippen LogP contribution >= 0.6 is 0 Å². The fourth-order valence-corrected chi connectivity index (χ4v) is 4.91. The van der Waals surface area contributed by atoms with Crippen molar-refractivity contribution in [3.05, 3.63) is 23.8 Å². The molecule has 116 valence electrons. The molecule has 0 aliphatic carbocycles. The van der Waals surface area contributed by atoms with Gasteiger partial charge >= 0.3 is 0 Å². The summed E-state index contributed by atoms with van der Waals surface area (Å²) in [6.07, 6.45) is 3.52. The second-order valence-electron chi connectivity index (χ2n) is 5.65. The third kappa shape index (κ3) is 2.80. The van der Waals surface area contributed by atoms with Gasteiger partial charge in [-0.2, -0.15) is 4.31 Å². The molecular formula is C15H22N2O3S. The van der Waals surface area contributed by atoms with Crippen molar-refractivity contribution in [3.63, 3.8) is 0 Å². The van der Waals surface area contributed by atoms with Crippen molar-refractivity contribution in [2.75, 3.05) is 32.1 Å². The Morgan fingerprint density at radius 3 is 2.76 bits per heavy atom. The van der Waals surface area contributed by atoms with Gasteiger partial charge in [-0.3, -0.25) is 0 Å². The summed E-state index contributed by atoms with van der Waals surface area (Å²) in [5, 5.41) is 3.29. The van der Waals surface area contributed by atoms with Crippen molar-refractivity contribution >= 4 is 15.7 Å². The molecule has 1 fully saturated rings. The zero-order chi connectivity index (χ0) is 14.9. The average Bonchev–Trinajstić information content (AvgIpc) is 2.54.